The number of hydrogen-bond acceptors (Lipinski definition) is 2. The molecule has 0 aliphatic heterocycles. The molecule has 2 heteroatoms. The SMILES string of the molecule is c1ccc(COC2CCCC2OCc2ccccc2)cc1. The first-order chi connectivity index (χ1) is 10.4. The van der Waals surface area contributed by atoms with Crippen LogP contribution in [0, 0.1) is 0 Å². The van der Waals surface area contributed by atoms with Crippen LogP contribution in [0.5, 0.6) is 0 Å². The van der Waals surface area contributed by atoms with E-state index in [9.17, 15) is 0 Å². The topological polar surface area (TPSA) is 18.5 Å². The van der Waals surface area contributed by atoms with Crippen LogP contribution >= 0.6 is 0 Å². The summed E-state index contributed by atoms with van der Waals surface area (Å²) < 4.78 is 12.1. The van der Waals surface area contributed by atoms with Crippen LogP contribution in [-0.2, 0) is 22.7 Å². The Balaban J connectivity index is 1.49. The van der Waals surface area contributed by atoms with Crippen LogP contribution in [0.15, 0.2) is 60.7 Å². The zero-order chi connectivity index (χ0) is 14.3. The van der Waals surface area contributed by atoms with E-state index in [2.05, 4.69) is 48.5 Å². The van der Waals surface area contributed by atoms with Gasteiger partial charge in [0.25, 0.3) is 0 Å². The summed E-state index contributed by atoms with van der Waals surface area (Å²) in [6.45, 7) is 1.35. The second-order valence-electron chi connectivity index (χ2n) is 5.60. The molecular formula is C19H22O2. The largest absolute Gasteiger partial charge is 0.371 e. The molecule has 0 radical (unpaired) electrons. The number of rotatable bonds is 6. The van der Waals surface area contributed by atoms with Gasteiger partial charge in [-0.05, 0) is 30.4 Å². The first kappa shape index (κ1) is 14.3. The van der Waals surface area contributed by atoms with E-state index in [0.717, 1.165) is 12.8 Å². The Bertz CT molecular complexity index is 474. The van der Waals surface area contributed by atoms with Crippen molar-refractivity contribution in [3.8, 4) is 0 Å². The van der Waals surface area contributed by atoms with Crippen LogP contribution in [-0.4, -0.2) is 12.2 Å². The van der Waals surface area contributed by atoms with Crippen LogP contribution < -0.4 is 0 Å². The van der Waals surface area contributed by atoms with Gasteiger partial charge in [0.1, 0.15) is 0 Å². The summed E-state index contributed by atoms with van der Waals surface area (Å²) in [4.78, 5) is 0. The lowest BCUT2D eigenvalue weighted by atomic mass is 10.2. The maximum absolute atomic E-state index is 6.07. The van der Waals surface area contributed by atoms with Gasteiger partial charge >= 0.3 is 0 Å². The first-order valence-electron chi connectivity index (χ1n) is 7.73. The number of hydrogen-bond donors (Lipinski definition) is 0. The molecule has 1 aliphatic carbocycles. The normalized spacial score (nSPS) is 21.5. The van der Waals surface area contributed by atoms with E-state index in [0.29, 0.717) is 13.2 Å². The molecule has 1 aliphatic rings. The van der Waals surface area contributed by atoms with Crippen molar-refractivity contribution in [3.05, 3.63) is 71.8 Å². The summed E-state index contributed by atoms with van der Waals surface area (Å²) in [6, 6.07) is 20.7. The molecule has 21 heavy (non-hydrogen) atoms. The van der Waals surface area contributed by atoms with E-state index in [1.807, 2.05) is 12.1 Å². The molecule has 2 nitrogen and oxygen atoms in total. The zero-order valence-electron chi connectivity index (χ0n) is 12.3. The van der Waals surface area contributed by atoms with Gasteiger partial charge in [-0.2, -0.15) is 0 Å². The molecule has 0 spiro atoms. The molecule has 2 aromatic carbocycles. The third-order valence-electron chi connectivity index (χ3n) is 4.01. The van der Waals surface area contributed by atoms with Crippen LogP contribution in [0.1, 0.15) is 30.4 Å². The van der Waals surface area contributed by atoms with Crippen LogP contribution in [0.4, 0.5) is 0 Å². The van der Waals surface area contributed by atoms with E-state index in [-0.39, 0.29) is 12.2 Å². The van der Waals surface area contributed by atoms with Gasteiger partial charge in [0.15, 0.2) is 0 Å². The van der Waals surface area contributed by atoms with Crippen molar-refractivity contribution < 1.29 is 9.47 Å². The Labute approximate surface area is 126 Å². The highest BCUT2D eigenvalue weighted by Crippen LogP contribution is 2.26. The number of ether oxygens (including phenoxy) is 2. The second-order valence-corrected chi connectivity index (χ2v) is 5.60. The van der Waals surface area contributed by atoms with Crippen LogP contribution in [0.25, 0.3) is 0 Å². The van der Waals surface area contributed by atoms with Gasteiger partial charge in [0, 0.05) is 0 Å². The summed E-state index contributed by atoms with van der Waals surface area (Å²) >= 11 is 0. The van der Waals surface area contributed by atoms with E-state index in [4.69, 9.17) is 9.47 Å². The van der Waals surface area contributed by atoms with Gasteiger partial charge in [0.05, 0.1) is 25.4 Å². The van der Waals surface area contributed by atoms with E-state index in [1.54, 1.807) is 0 Å². The van der Waals surface area contributed by atoms with E-state index < -0.39 is 0 Å². The lowest BCUT2D eigenvalue weighted by Crippen LogP contribution is -2.26. The third kappa shape index (κ3) is 4.16. The fourth-order valence-corrected chi connectivity index (χ4v) is 2.83. The smallest absolute Gasteiger partial charge is 0.0841 e. The molecular weight excluding hydrogens is 260 g/mol. The van der Waals surface area contributed by atoms with Gasteiger partial charge in [-0.3, -0.25) is 0 Å². The van der Waals surface area contributed by atoms with Gasteiger partial charge < -0.3 is 9.47 Å². The van der Waals surface area contributed by atoms with E-state index >= 15 is 0 Å². The lowest BCUT2D eigenvalue weighted by Gasteiger charge is -2.21. The Morgan fingerprint density at radius 3 is 1.52 bits per heavy atom. The van der Waals surface area contributed by atoms with Crippen molar-refractivity contribution >= 4 is 0 Å². The van der Waals surface area contributed by atoms with Gasteiger partial charge in [-0.1, -0.05) is 60.7 Å². The minimum Gasteiger partial charge on any atom is -0.371 e. The lowest BCUT2D eigenvalue weighted by molar-refractivity contribution is -0.0686. The third-order valence-corrected chi connectivity index (χ3v) is 4.01. The molecule has 0 bridgehead atoms. The first-order valence-corrected chi connectivity index (χ1v) is 7.73. The summed E-state index contributed by atoms with van der Waals surface area (Å²) in [5.41, 5.74) is 2.46. The predicted molar refractivity (Wildman–Crippen MR) is 83.9 cm³/mol. The predicted octanol–water partition coefficient (Wildman–Crippen LogP) is 4.34. The highest BCUT2D eigenvalue weighted by atomic mass is 16.5. The molecule has 110 valence electrons. The average molecular weight is 282 g/mol. The highest BCUT2D eigenvalue weighted by molar-refractivity contribution is 5.14. The molecule has 0 N–H and O–H groups in total. The van der Waals surface area contributed by atoms with Crippen molar-refractivity contribution in [1.29, 1.82) is 0 Å². The Kier molecular flexibility index (Phi) is 5.03. The van der Waals surface area contributed by atoms with Crippen molar-refractivity contribution in [2.45, 2.75) is 44.7 Å². The molecule has 0 heterocycles. The maximum atomic E-state index is 6.07. The second kappa shape index (κ2) is 7.39. The monoisotopic (exact) mass is 282 g/mol. The Hall–Kier alpha value is -1.64. The molecule has 1 saturated carbocycles. The van der Waals surface area contributed by atoms with Crippen molar-refractivity contribution in [1.82, 2.24) is 0 Å². The molecule has 1 fully saturated rings. The van der Waals surface area contributed by atoms with Crippen LogP contribution in [0.3, 0.4) is 0 Å². The van der Waals surface area contributed by atoms with Crippen molar-refractivity contribution in [2.24, 2.45) is 0 Å². The minimum atomic E-state index is 0.230. The molecule has 0 saturated heterocycles. The molecule has 3 rings (SSSR count). The average Bonchev–Trinajstić information content (AvgIpc) is 3.00. The van der Waals surface area contributed by atoms with Crippen molar-refractivity contribution in [3.63, 3.8) is 0 Å². The maximum Gasteiger partial charge on any atom is 0.0841 e. The summed E-state index contributed by atoms with van der Waals surface area (Å²) in [5.74, 6) is 0. The minimum absolute atomic E-state index is 0.230. The Morgan fingerprint density at radius 2 is 1.10 bits per heavy atom. The fourth-order valence-electron chi connectivity index (χ4n) is 2.83. The van der Waals surface area contributed by atoms with Gasteiger partial charge in [-0.25, -0.2) is 0 Å². The molecule has 0 aromatic heterocycles. The van der Waals surface area contributed by atoms with Gasteiger partial charge in [-0.15, -0.1) is 0 Å². The standard InChI is InChI=1S/C19H22O2/c1-3-8-16(9-4-1)14-20-18-12-7-13-19(18)21-15-17-10-5-2-6-11-17/h1-6,8-11,18-19H,7,12-15H2. The Morgan fingerprint density at radius 1 is 0.667 bits per heavy atom. The molecule has 0 amide bonds. The van der Waals surface area contributed by atoms with Gasteiger partial charge in [0.2, 0.25) is 0 Å². The zero-order valence-corrected chi connectivity index (χ0v) is 12.3. The summed E-state index contributed by atoms with van der Waals surface area (Å²) in [6.07, 6.45) is 3.86. The molecule has 2 unspecified atom stereocenters. The quantitative estimate of drug-likeness (QED) is 0.784. The highest BCUT2D eigenvalue weighted by Gasteiger charge is 2.28. The fraction of sp³-hybridized carbons (Fsp3) is 0.368. The summed E-state index contributed by atoms with van der Waals surface area (Å²) in [7, 11) is 0. The molecule has 2 aromatic rings. The van der Waals surface area contributed by atoms with E-state index in [1.165, 1.54) is 17.5 Å². The number of benzene rings is 2. The summed E-state index contributed by atoms with van der Waals surface area (Å²) in [5, 5.41) is 0. The van der Waals surface area contributed by atoms with Crippen molar-refractivity contribution in [2.75, 3.05) is 0 Å². The van der Waals surface area contributed by atoms with Crippen LogP contribution in [0.2, 0.25) is 0 Å². The molecule has 2 atom stereocenters.